The maximum atomic E-state index is 12.8. The molecule has 0 amide bonds. The van der Waals surface area contributed by atoms with Crippen molar-refractivity contribution < 1.29 is 14.3 Å². The van der Waals surface area contributed by atoms with Gasteiger partial charge in [-0.25, -0.2) is 4.39 Å². The first-order valence-electron chi connectivity index (χ1n) is 5.65. The fourth-order valence-electron chi connectivity index (χ4n) is 2.37. The number of halogens is 1. The van der Waals surface area contributed by atoms with Crippen LogP contribution in [0.2, 0.25) is 0 Å². The van der Waals surface area contributed by atoms with Crippen LogP contribution in [0.15, 0.2) is 18.3 Å². The Morgan fingerprint density at radius 3 is 2.59 bits per heavy atom. The van der Waals surface area contributed by atoms with Gasteiger partial charge in [0.2, 0.25) is 0 Å². The zero-order chi connectivity index (χ0) is 12.5. The Bertz CT molecular complexity index is 411. The van der Waals surface area contributed by atoms with Crippen molar-refractivity contribution in [3.8, 4) is 0 Å². The molecule has 2 rings (SSSR count). The third-order valence-corrected chi connectivity index (χ3v) is 3.51. The highest BCUT2D eigenvalue weighted by atomic mass is 19.1. The van der Waals surface area contributed by atoms with E-state index in [4.69, 9.17) is 5.73 Å². The van der Waals surface area contributed by atoms with Gasteiger partial charge < -0.3 is 10.8 Å². The maximum absolute atomic E-state index is 12.8. The Balaban J connectivity index is 2.35. The molecule has 1 fully saturated rings. The molecule has 1 aromatic rings. The van der Waals surface area contributed by atoms with Crippen LogP contribution in [-0.2, 0) is 10.2 Å². The molecule has 1 aromatic heterocycles. The Kier molecular flexibility index (Phi) is 3.11. The standard InChI is InChI=1S/C12H15FN2O2/c13-8-1-2-10(15-7-8)12(11(16)17)5-3-9(14)4-6-12/h1-2,7,9H,3-6,14H2,(H,16,17). The second-order valence-corrected chi connectivity index (χ2v) is 4.59. The zero-order valence-electron chi connectivity index (χ0n) is 9.40. The summed E-state index contributed by atoms with van der Waals surface area (Å²) in [6.45, 7) is 0. The van der Waals surface area contributed by atoms with Gasteiger partial charge in [0.15, 0.2) is 0 Å². The molecule has 17 heavy (non-hydrogen) atoms. The lowest BCUT2D eigenvalue weighted by molar-refractivity contribution is -0.145. The molecule has 0 atom stereocenters. The highest BCUT2D eigenvalue weighted by molar-refractivity contribution is 5.80. The normalized spacial score (nSPS) is 28.9. The highest BCUT2D eigenvalue weighted by Gasteiger charge is 2.44. The van der Waals surface area contributed by atoms with Crippen LogP contribution in [0.5, 0.6) is 0 Å². The van der Waals surface area contributed by atoms with Gasteiger partial charge in [-0.1, -0.05) is 0 Å². The summed E-state index contributed by atoms with van der Waals surface area (Å²) in [5.74, 6) is -1.36. The van der Waals surface area contributed by atoms with Crippen molar-refractivity contribution in [2.45, 2.75) is 37.1 Å². The fourth-order valence-corrected chi connectivity index (χ4v) is 2.37. The van der Waals surface area contributed by atoms with Crippen LogP contribution in [-0.4, -0.2) is 22.1 Å². The second kappa shape index (κ2) is 4.41. The van der Waals surface area contributed by atoms with Gasteiger partial charge in [-0.05, 0) is 37.8 Å². The Labute approximate surface area is 98.7 Å². The number of nitrogens with zero attached hydrogens (tertiary/aromatic N) is 1. The molecule has 0 saturated heterocycles. The van der Waals surface area contributed by atoms with Gasteiger partial charge in [0.1, 0.15) is 11.2 Å². The third-order valence-electron chi connectivity index (χ3n) is 3.51. The number of hydrogen-bond donors (Lipinski definition) is 2. The number of carboxylic acid groups (broad SMARTS) is 1. The number of hydrogen-bond acceptors (Lipinski definition) is 3. The van der Waals surface area contributed by atoms with Crippen LogP contribution >= 0.6 is 0 Å². The summed E-state index contributed by atoms with van der Waals surface area (Å²) in [7, 11) is 0. The summed E-state index contributed by atoms with van der Waals surface area (Å²) in [6, 6.07) is 2.77. The molecular formula is C12H15FN2O2. The predicted molar refractivity (Wildman–Crippen MR) is 60.0 cm³/mol. The van der Waals surface area contributed by atoms with E-state index in [2.05, 4.69) is 4.98 Å². The van der Waals surface area contributed by atoms with Crippen molar-refractivity contribution in [2.75, 3.05) is 0 Å². The average Bonchev–Trinajstić information content (AvgIpc) is 2.31. The molecule has 92 valence electrons. The van der Waals surface area contributed by atoms with Crippen LogP contribution in [0.4, 0.5) is 4.39 Å². The highest BCUT2D eigenvalue weighted by Crippen LogP contribution is 2.38. The monoisotopic (exact) mass is 238 g/mol. The van der Waals surface area contributed by atoms with Gasteiger partial charge >= 0.3 is 5.97 Å². The van der Waals surface area contributed by atoms with Crippen molar-refractivity contribution in [3.63, 3.8) is 0 Å². The van der Waals surface area contributed by atoms with E-state index in [1.807, 2.05) is 0 Å². The number of carboxylic acids is 1. The van der Waals surface area contributed by atoms with Crippen molar-refractivity contribution in [1.82, 2.24) is 4.98 Å². The van der Waals surface area contributed by atoms with Gasteiger partial charge in [-0.2, -0.15) is 0 Å². The van der Waals surface area contributed by atoms with E-state index < -0.39 is 17.2 Å². The molecule has 4 nitrogen and oxygen atoms in total. The molecule has 0 bridgehead atoms. The zero-order valence-corrected chi connectivity index (χ0v) is 9.40. The quantitative estimate of drug-likeness (QED) is 0.817. The summed E-state index contributed by atoms with van der Waals surface area (Å²) < 4.78 is 12.8. The topological polar surface area (TPSA) is 76.2 Å². The third kappa shape index (κ3) is 2.15. The maximum Gasteiger partial charge on any atom is 0.315 e. The summed E-state index contributed by atoms with van der Waals surface area (Å²) in [4.78, 5) is 15.4. The lowest BCUT2D eigenvalue weighted by atomic mass is 9.70. The number of pyridine rings is 1. The number of carbonyl (C=O) groups is 1. The van der Waals surface area contributed by atoms with E-state index >= 15 is 0 Å². The van der Waals surface area contributed by atoms with Crippen LogP contribution in [0.3, 0.4) is 0 Å². The van der Waals surface area contributed by atoms with Crippen LogP contribution in [0.1, 0.15) is 31.4 Å². The largest absolute Gasteiger partial charge is 0.481 e. The molecule has 0 aromatic carbocycles. The minimum atomic E-state index is -0.996. The second-order valence-electron chi connectivity index (χ2n) is 4.59. The van der Waals surface area contributed by atoms with Gasteiger partial charge in [0.25, 0.3) is 0 Å². The fraction of sp³-hybridized carbons (Fsp3) is 0.500. The minimum Gasteiger partial charge on any atom is -0.481 e. The molecule has 1 aliphatic carbocycles. The van der Waals surface area contributed by atoms with Crippen molar-refractivity contribution in [2.24, 2.45) is 5.73 Å². The molecule has 1 saturated carbocycles. The van der Waals surface area contributed by atoms with E-state index in [1.165, 1.54) is 12.1 Å². The molecule has 0 spiro atoms. The number of rotatable bonds is 2. The molecule has 0 unspecified atom stereocenters. The molecule has 1 heterocycles. The average molecular weight is 238 g/mol. The van der Waals surface area contributed by atoms with Crippen LogP contribution < -0.4 is 5.73 Å². The molecule has 5 heteroatoms. The predicted octanol–water partition coefficient (Wildman–Crippen LogP) is 1.44. The van der Waals surface area contributed by atoms with Crippen molar-refractivity contribution >= 4 is 5.97 Å². The number of aliphatic carboxylic acids is 1. The van der Waals surface area contributed by atoms with E-state index in [0.717, 1.165) is 6.20 Å². The molecule has 3 N–H and O–H groups in total. The Hall–Kier alpha value is -1.49. The molecular weight excluding hydrogens is 223 g/mol. The lowest BCUT2D eigenvalue weighted by Gasteiger charge is -2.35. The first-order valence-corrected chi connectivity index (χ1v) is 5.65. The minimum absolute atomic E-state index is 0.0583. The van der Waals surface area contributed by atoms with Gasteiger partial charge in [-0.3, -0.25) is 9.78 Å². The number of nitrogens with two attached hydrogens (primary N) is 1. The number of aromatic nitrogens is 1. The first-order chi connectivity index (χ1) is 8.04. The summed E-state index contributed by atoms with van der Waals surface area (Å²) in [6.07, 6.45) is 3.30. The van der Waals surface area contributed by atoms with Crippen molar-refractivity contribution in [1.29, 1.82) is 0 Å². The Morgan fingerprint density at radius 1 is 1.47 bits per heavy atom. The lowest BCUT2D eigenvalue weighted by Crippen LogP contribution is -2.43. The SMILES string of the molecule is NC1CCC(C(=O)O)(c2ccc(F)cn2)CC1. The van der Waals surface area contributed by atoms with Crippen LogP contribution in [0.25, 0.3) is 0 Å². The van der Waals surface area contributed by atoms with E-state index in [9.17, 15) is 14.3 Å². The van der Waals surface area contributed by atoms with E-state index in [-0.39, 0.29) is 6.04 Å². The van der Waals surface area contributed by atoms with Crippen molar-refractivity contribution in [3.05, 3.63) is 29.8 Å². The van der Waals surface area contributed by atoms with Gasteiger partial charge in [-0.15, -0.1) is 0 Å². The molecule has 0 radical (unpaired) electrons. The van der Waals surface area contributed by atoms with Crippen LogP contribution in [0, 0.1) is 5.82 Å². The van der Waals surface area contributed by atoms with Gasteiger partial charge in [0, 0.05) is 6.04 Å². The van der Waals surface area contributed by atoms with E-state index in [0.29, 0.717) is 31.4 Å². The molecule has 0 aliphatic heterocycles. The van der Waals surface area contributed by atoms with Gasteiger partial charge in [0.05, 0.1) is 11.9 Å². The summed E-state index contributed by atoms with van der Waals surface area (Å²) >= 11 is 0. The molecule has 1 aliphatic rings. The smallest absolute Gasteiger partial charge is 0.315 e. The van der Waals surface area contributed by atoms with E-state index in [1.54, 1.807) is 0 Å². The summed E-state index contributed by atoms with van der Waals surface area (Å²) in [5, 5.41) is 9.42. The summed E-state index contributed by atoms with van der Waals surface area (Å²) in [5.41, 5.74) is 5.22. The first kappa shape index (κ1) is 12.0. The Morgan fingerprint density at radius 2 is 2.12 bits per heavy atom.